The predicted molar refractivity (Wildman–Crippen MR) is 128 cm³/mol. The van der Waals surface area contributed by atoms with Gasteiger partial charge in [0.05, 0.1) is 12.0 Å². The van der Waals surface area contributed by atoms with Crippen LogP contribution in [0, 0.1) is 34.5 Å². The summed E-state index contributed by atoms with van der Waals surface area (Å²) in [6.45, 7) is 4.60. The van der Waals surface area contributed by atoms with Crippen LogP contribution in [0.2, 0.25) is 0 Å². The fourth-order valence-corrected chi connectivity index (χ4v) is 9.23. The Labute approximate surface area is 221 Å². The predicted octanol–water partition coefficient (Wildman–Crippen LogP) is 5.07. The molecule has 4 fully saturated rings. The number of ketones is 1. The number of alkyl halides is 5. The Kier molecular flexibility index (Phi) is 6.31. The monoisotopic (exact) mass is 562 g/mol. The molecule has 0 bridgehead atoms. The summed E-state index contributed by atoms with van der Waals surface area (Å²) >= 11 is 0.274. The highest BCUT2D eigenvalue weighted by Gasteiger charge is 2.78. The van der Waals surface area contributed by atoms with E-state index in [4.69, 9.17) is 4.74 Å². The van der Waals surface area contributed by atoms with Crippen LogP contribution < -0.4 is 0 Å². The van der Waals surface area contributed by atoms with Crippen molar-refractivity contribution in [3.63, 3.8) is 0 Å². The summed E-state index contributed by atoms with van der Waals surface area (Å²) in [5.41, 5.74) is -7.55. The van der Waals surface area contributed by atoms with Gasteiger partial charge in [0.2, 0.25) is 11.0 Å². The maximum Gasteiger partial charge on any atom is 0.310 e. The van der Waals surface area contributed by atoms with Crippen molar-refractivity contribution in [2.45, 2.75) is 82.3 Å². The number of aliphatic hydroxyl groups excluding tert-OH is 1. The zero-order chi connectivity index (χ0) is 28.1. The molecule has 0 radical (unpaired) electrons. The molecule has 1 N–H and O–H groups in total. The smallest absolute Gasteiger partial charge is 0.310 e. The second-order valence-electron chi connectivity index (χ2n) is 12.2. The molecule has 11 heteroatoms. The minimum Gasteiger partial charge on any atom is -0.449 e. The number of rotatable bonds is 4. The van der Waals surface area contributed by atoms with Gasteiger partial charge >= 0.3 is 5.97 Å². The first-order valence-electron chi connectivity index (χ1n) is 12.9. The van der Waals surface area contributed by atoms with E-state index < -0.39 is 99.7 Å². The average molecular weight is 563 g/mol. The Balaban J connectivity index is 1.59. The van der Waals surface area contributed by atoms with Crippen LogP contribution in [0.3, 0.4) is 0 Å². The van der Waals surface area contributed by atoms with E-state index in [0.29, 0.717) is 0 Å². The summed E-state index contributed by atoms with van der Waals surface area (Å²) in [4.78, 5) is 38.6. The maximum atomic E-state index is 17.3. The first-order valence-corrected chi connectivity index (χ1v) is 13.9. The van der Waals surface area contributed by atoms with Gasteiger partial charge in [0.15, 0.2) is 17.1 Å². The summed E-state index contributed by atoms with van der Waals surface area (Å²) in [6, 6.07) is -1.14. The Morgan fingerprint density at radius 2 is 1.79 bits per heavy atom. The largest absolute Gasteiger partial charge is 0.449 e. The topological polar surface area (TPSA) is 80.7 Å². The summed E-state index contributed by atoms with van der Waals surface area (Å²) in [7, 11) is 0. The van der Waals surface area contributed by atoms with Crippen molar-refractivity contribution in [2.75, 3.05) is 6.01 Å². The van der Waals surface area contributed by atoms with Crippen LogP contribution in [0.1, 0.15) is 52.9 Å². The van der Waals surface area contributed by atoms with Crippen molar-refractivity contribution in [1.82, 2.24) is 0 Å². The summed E-state index contributed by atoms with van der Waals surface area (Å²) in [5, 5.41) is 10.6. The molecule has 9 atom stereocenters. The van der Waals surface area contributed by atoms with E-state index in [0.717, 1.165) is 12.2 Å². The van der Waals surface area contributed by atoms with E-state index in [-0.39, 0.29) is 36.6 Å². The van der Waals surface area contributed by atoms with Crippen LogP contribution in [-0.2, 0) is 19.1 Å². The molecule has 0 aromatic heterocycles. The number of ether oxygens (including phenoxy) is 1. The molecule has 4 saturated carbocycles. The van der Waals surface area contributed by atoms with Crippen LogP contribution in [0.4, 0.5) is 22.0 Å². The molecule has 5 aliphatic rings. The first-order chi connectivity index (χ1) is 17.6. The SMILES string of the molecule is CC1C[C@H]2[C@@H]3CC(F)C4=CC(=O)C=C[C@]4(C)C3(F)C(O)C[C@]2(C)C1(OC(=O)C1CC(F)(F)C1)C(=O)SCF. The maximum absolute atomic E-state index is 17.3. The zero-order valence-electron chi connectivity index (χ0n) is 21.3. The number of fused-ring (bicyclic) bond motifs is 5. The normalized spacial score (nSPS) is 47.3. The molecule has 5 nitrogen and oxygen atoms in total. The highest BCUT2D eigenvalue weighted by Crippen LogP contribution is 2.72. The van der Waals surface area contributed by atoms with E-state index in [1.54, 1.807) is 13.8 Å². The van der Waals surface area contributed by atoms with Gasteiger partial charge in [-0.1, -0.05) is 19.9 Å². The molecule has 0 saturated heterocycles. The third-order valence-electron chi connectivity index (χ3n) is 10.3. The highest BCUT2D eigenvalue weighted by molar-refractivity contribution is 8.13. The molecule has 38 heavy (non-hydrogen) atoms. The van der Waals surface area contributed by atoms with Crippen molar-refractivity contribution in [3.8, 4) is 0 Å². The molecule has 0 spiro atoms. The second kappa shape index (κ2) is 8.62. The van der Waals surface area contributed by atoms with Gasteiger partial charge in [0.1, 0.15) is 12.2 Å². The summed E-state index contributed by atoms with van der Waals surface area (Å²) in [5.74, 6) is -8.34. The number of esters is 1. The molecule has 5 unspecified atom stereocenters. The molecule has 5 rings (SSSR count). The van der Waals surface area contributed by atoms with E-state index in [2.05, 4.69) is 0 Å². The van der Waals surface area contributed by atoms with Gasteiger partial charge in [-0.25, -0.2) is 22.0 Å². The number of thioether (sulfide) groups is 1. The lowest BCUT2D eigenvalue weighted by Gasteiger charge is -2.63. The second-order valence-corrected chi connectivity index (χ2v) is 13.0. The van der Waals surface area contributed by atoms with Gasteiger partial charge in [-0.2, -0.15) is 0 Å². The number of carbonyl (C=O) groups excluding carboxylic acids is 3. The van der Waals surface area contributed by atoms with E-state index in [1.807, 2.05) is 0 Å². The Morgan fingerprint density at radius 3 is 2.39 bits per heavy atom. The number of aliphatic hydroxyl groups is 1. The van der Waals surface area contributed by atoms with Gasteiger partial charge < -0.3 is 9.84 Å². The summed E-state index contributed by atoms with van der Waals surface area (Å²) < 4.78 is 79.2. The first kappa shape index (κ1) is 27.8. The van der Waals surface area contributed by atoms with Crippen LogP contribution >= 0.6 is 11.8 Å². The van der Waals surface area contributed by atoms with Crippen LogP contribution in [-0.4, -0.2) is 57.4 Å². The van der Waals surface area contributed by atoms with Gasteiger partial charge in [0, 0.05) is 35.5 Å². The molecular weight excluding hydrogens is 531 g/mol. The lowest BCUT2D eigenvalue weighted by atomic mass is 9.44. The third kappa shape index (κ3) is 3.42. The van der Waals surface area contributed by atoms with E-state index in [9.17, 15) is 32.7 Å². The minimum atomic E-state index is -3.02. The molecule has 0 amide bonds. The van der Waals surface area contributed by atoms with Gasteiger partial charge in [-0.05, 0) is 61.6 Å². The Morgan fingerprint density at radius 1 is 1.13 bits per heavy atom. The molecule has 0 aromatic carbocycles. The number of carbonyl (C=O) groups is 3. The number of halogens is 5. The van der Waals surface area contributed by atoms with Crippen molar-refractivity contribution >= 4 is 28.6 Å². The minimum absolute atomic E-state index is 0.0508. The molecule has 0 heterocycles. The fraction of sp³-hybridized carbons (Fsp3) is 0.741. The van der Waals surface area contributed by atoms with Crippen molar-refractivity contribution in [2.24, 2.45) is 34.5 Å². The van der Waals surface area contributed by atoms with E-state index >= 15 is 8.78 Å². The number of hydrogen-bond donors (Lipinski definition) is 1. The van der Waals surface area contributed by atoms with Crippen molar-refractivity contribution in [3.05, 3.63) is 23.8 Å². The van der Waals surface area contributed by atoms with Crippen LogP contribution in [0.15, 0.2) is 23.8 Å². The Hall–Kier alpha value is -1.75. The van der Waals surface area contributed by atoms with Gasteiger partial charge in [-0.15, -0.1) is 0 Å². The van der Waals surface area contributed by atoms with Gasteiger partial charge in [0.25, 0.3) is 0 Å². The van der Waals surface area contributed by atoms with Crippen molar-refractivity contribution < 1.29 is 46.2 Å². The lowest BCUT2D eigenvalue weighted by molar-refractivity contribution is -0.233. The standard InChI is InChI=1S/C27H31F5O5S/c1-13-6-16-17-8-19(29)18-7-15(33)4-5-23(18,2)26(17,32)20(34)11-24(16,3)27(13,22(36)38-12-28)37-21(35)14-9-25(30,31)10-14/h4-5,7,13-14,16-17,19-20,34H,6,8-12H2,1-3H3/t13?,16-,17-,19?,20?,23-,24-,26?,27?/m0/s1. The Bertz CT molecular complexity index is 1130. The average Bonchev–Trinajstić information content (AvgIpc) is 3.03. The van der Waals surface area contributed by atoms with Crippen LogP contribution in [0.25, 0.3) is 0 Å². The van der Waals surface area contributed by atoms with Crippen molar-refractivity contribution in [1.29, 1.82) is 0 Å². The third-order valence-corrected chi connectivity index (χ3v) is 11.0. The highest BCUT2D eigenvalue weighted by atomic mass is 32.2. The molecular formula is C27H31F5O5S. The molecule has 0 aliphatic heterocycles. The number of allylic oxidation sites excluding steroid dienone is 4. The fourth-order valence-electron chi connectivity index (χ4n) is 8.44. The number of hydrogen-bond acceptors (Lipinski definition) is 6. The van der Waals surface area contributed by atoms with Crippen LogP contribution in [0.5, 0.6) is 0 Å². The molecule has 210 valence electrons. The van der Waals surface area contributed by atoms with E-state index in [1.165, 1.54) is 13.0 Å². The molecule has 5 aliphatic carbocycles. The van der Waals surface area contributed by atoms with Gasteiger partial charge in [-0.3, -0.25) is 14.4 Å². The lowest BCUT2D eigenvalue weighted by Crippen LogP contribution is -2.71. The summed E-state index contributed by atoms with van der Waals surface area (Å²) in [6.07, 6.45) is -2.04. The molecule has 0 aromatic rings. The zero-order valence-corrected chi connectivity index (χ0v) is 22.1. The quantitative estimate of drug-likeness (QED) is 0.381.